The molecule has 3 aromatic heterocycles. The minimum Gasteiger partial charge on any atom is -0.387 e. The van der Waals surface area contributed by atoms with Crippen LogP contribution in [-0.2, 0) is 51.4 Å². The van der Waals surface area contributed by atoms with E-state index in [-0.39, 0.29) is 29.0 Å². The fraction of sp³-hybridized carbons (Fsp3) is 0.407. The van der Waals surface area contributed by atoms with Crippen molar-refractivity contribution in [2.75, 3.05) is 18.9 Å². The first-order valence-electron chi connectivity index (χ1n) is 16.0. The summed E-state index contributed by atoms with van der Waals surface area (Å²) in [6.07, 6.45) is -5.36. The number of nitrogens with two attached hydrogens (primary N) is 3. The number of primary amides is 2. The molecule has 0 spiro atoms. The van der Waals surface area contributed by atoms with Crippen molar-refractivity contribution in [2.45, 2.75) is 55.0 Å². The van der Waals surface area contributed by atoms with Gasteiger partial charge in [-0.15, -0.1) is 0 Å². The van der Waals surface area contributed by atoms with Gasteiger partial charge in [0.25, 0.3) is 5.91 Å². The van der Waals surface area contributed by atoms with Crippen LogP contribution in [0, 0.1) is 0 Å². The molecule has 310 valence electrons. The molecule has 10 atom stereocenters. The number of hydrogen-bond acceptors (Lipinski definition) is 20. The summed E-state index contributed by atoms with van der Waals surface area (Å²) in [4.78, 5) is 81.9. The highest BCUT2D eigenvalue weighted by molar-refractivity contribution is 7.61. The van der Waals surface area contributed by atoms with Crippen LogP contribution >= 0.6 is 23.5 Å². The fourth-order valence-corrected chi connectivity index (χ4v) is 8.82. The Kier molecular flexibility index (Phi) is 11.9. The highest BCUT2D eigenvalue weighted by atomic mass is 31.3. The lowest BCUT2D eigenvalue weighted by molar-refractivity contribution is -0.133. The van der Waals surface area contributed by atoms with Gasteiger partial charge in [0, 0.05) is 24.2 Å². The van der Waals surface area contributed by atoms with E-state index in [1.54, 1.807) is 0 Å². The molecule has 6 rings (SSSR count). The van der Waals surface area contributed by atoms with Gasteiger partial charge < -0.3 is 66.5 Å². The molecule has 0 bridgehead atoms. The first kappa shape index (κ1) is 42.5. The highest BCUT2D eigenvalue weighted by Crippen LogP contribution is 2.62. The molecule has 0 radical (unpaired) electrons. The van der Waals surface area contributed by atoms with E-state index in [0.29, 0.717) is 0 Å². The maximum absolute atomic E-state index is 13.2. The van der Waals surface area contributed by atoms with Crippen LogP contribution in [0.5, 0.6) is 0 Å². The molecular weight excluding hydrogens is 831 g/mol. The molecule has 2 unspecified atom stereocenters. The minimum absolute atomic E-state index is 0.0418. The second kappa shape index (κ2) is 15.9. The zero-order valence-electron chi connectivity index (χ0n) is 28.7. The van der Waals surface area contributed by atoms with E-state index >= 15 is 0 Å². The summed E-state index contributed by atoms with van der Waals surface area (Å²) in [5, 5.41) is 32.9. The number of phosphoric ester groups is 3. The number of anilines is 1. The Labute approximate surface area is 318 Å². The number of aliphatic hydroxyl groups excluding tert-OH is 3. The number of ether oxygens (including phenoxy) is 2. The van der Waals surface area contributed by atoms with Gasteiger partial charge in [-0.3, -0.25) is 32.7 Å². The lowest BCUT2D eigenvalue weighted by Crippen LogP contribution is -2.46. The van der Waals surface area contributed by atoms with Gasteiger partial charge >= 0.3 is 23.5 Å². The smallest absolute Gasteiger partial charge is 0.387 e. The Bertz CT molecular complexity index is 2260. The predicted molar refractivity (Wildman–Crippen MR) is 183 cm³/mol. The number of phosphoric acid groups is 3. The van der Waals surface area contributed by atoms with Crippen molar-refractivity contribution in [1.29, 1.82) is 0 Å². The quantitative estimate of drug-likeness (QED) is 0.0703. The standard InChI is InChI=1S/C27H34N9O18P3/c28-21-15-24(33-10-32-21)36(11-34-15)26-18(53-55(42,43)44)20(39)27(52-26,19-13(23(30)41)4-1-5-31-19)9-50-57(47,48)54-56(45,46)49-8-14-16(37)17(38)25(51-14)35-6-2-3-12(7-35)22(29)40/h1-2,4-7,10-11,14,16-18,20,25-26,37-39H,3,8-9H2,(H2,29,40)(H2,30,41)(H,45,46)(H,47,48)(H2,28,32,33)(H2,42,43,44)/t14-,16-,17-,18-,20-,25-,26-,27+/m1/s1. The van der Waals surface area contributed by atoms with E-state index in [0.717, 1.165) is 29.5 Å². The van der Waals surface area contributed by atoms with Gasteiger partial charge in [-0.2, -0.15) is 4.31 Å². The number of fused-ring (bicyclic) bond motifs is 1. The lowest BCUT2D eigenvalue weighted by atomic mass is 9.89. The molecule has 3 aliphatic rings. The number of rotatable bonds is 15. The summed E-state index contributed by atoms with van der Waals surface area (Å²) in [5.41, 5.74) is 12.8. The molecule has 57 heavy (non-hydrogen) atoms. The number of aliphatic hydroxyl groups is 3. The number of nitrogen functional groups attached to an aromatic ring is 1. The third kappa shape index (κ3) is 8.84. The van der Waals surface area contributed by atoms with Crippen LogP contribution in [0.1, 0.15) is 28.7 Å². The summed E-state index contributed by atoms with van der Waals surface area (Å²) in [7, 11) is -17.1. The molecular formula is C27H34N9O18P3. The van der Waals surface area contributed by atoms with E-state index in [1.165, 1.54) is 29.4 Å². The minimum atomic E-state index is -5.87. The SMILES string of the molecule is NC(=O)C1=CN([C@@H]2O[C@H](COP(=O)(O)OP(=O)(O)OC[C@@]3(c4ncccc4C(N)=O)O[C@@H](n4cnc5c(N)ncnc54)[C@H](OP(=O)(O)O)[C@H]3O)[C@@H](O)[C@H]2O)C=CC1. The second-order valence-corrected chi connectivity index (χ2v) is 16.7. The van der Waals surface area contributed by atoms with Crippen LogP contribution in [0.15, 0.2) is 55.0 Å². The van der Waals surface area contributed by atoms with Crippen molar-refractivity contribution in [1.82, 2.24) is 29.4 Å². The lowest BCUT2D eigenvalue weighted by Gasteiger charge is -2.33. The van der Waals surface area contributed by atoms with Gasteiger partial charge in [0.15, 0.2) is 29.5 Å². The predicted octanol–water partition coefficient (Wildman–Crippen LogP) is -2.55. The number of amides is 2. The van der Waals surface area contributed by atoms with Crippen LogP contribution in [0.25, 0.3) is 11.2 Å². The van der Waals surface area contributed by atoms with Gasteiger partial charge in [-0.25, -0.2) is 28.6 Å². The Balaban J connectivity index is 1.25. The number of imidazole rings is 1. The van der Waals surface area contributed by atoms with Crippen LogP contribution in [0.4, 0.5) is 5.82 Å². The number of carbonyl (C=O) groups excluding carboxylic acids is 2. The third-order valence-electron chi connectivity index (χ3n) is 8.71. The Morgan fingerprint density at radius 3 is 2.37 bits per heavy atom. The molecule has 3 aromatic rings. The molecule has 30 heteroatoms. The molecule has 13 N–H and O–H groups in total. The summed E-state index contributed by atoms with van der Waals surface area (Å²) < 4.78 is 70.0. The van der Waals surface area contributed by atoms with E-state index in [2.05, 4.69) is 24.2 Å². The Hall–Kier alpha value is -4.11. The number of hydrogen-bond donors (Lipinski definition) is 10. The van der Waals surface area contributed by atoms with Crippen molar-refractivity contribution < 1.29 is 85.5 Å². The number of nitrogens with zero attached hydrogens (tertiary/aromatic N) is 6. The van der Waals surface area contributed by atoms with Gasteiger partial charge in [-0.05, 0) is 18.6 Å². The van der Waals surface area contributed by atoms with Crippen LogP contribution in [0.2, 0.25) is 0 Å². The van der Waals surface area contributed by atoms with Crippen molar-refractivity contribution in [2.24, 2.45) is 11.5 Å². The zero-order valence-corrected chi connectivity index (χ0v) is 31.3. The maximum Gasteiger partial charge on any atom is 0.481 e. The first-order valence-corrected chi connectivity index (χ1v) is 20.6. The van der Waals surface area contributed by atoms with Gasteiger partial charge in [0.05, 0.1) is 30.8 Å². The summed E-state index contributed by atoms with van der Waals surface area (Å²) in [5.74, 6) is -2.10. The van der Waals surface area contributed by atoms with Gasteiger partial charge in [-0.1, -0.05) is 6.08 Å². The van der Waals surface area contributed by atoms with E-state index in [4.69, 9.17) is 40.2 Å². The molecule has 27 nitrogen and oxygen atoms in total. The molecule has 2 fully saturated rings. The number of pyridine rings is 1. The highest BCUT2D eigenvalue weighted by Gasteiger charge is 2.62. The van der Waals surface area contributed by atoms with Crippen molar-refractivity contribution in [3.63, 3.8) is 0 Å². The Morgan fingerprint density at radius 1 is 0.965 bits per heavy atom. The topological polar surface area (TPSA) is 420 Å². The summed E-state index contributed by atoms with van der Waals surface area (Å²) in [6.45, 7) is -2.49. The second-order valence-electron chi connectivity index (χ2n) is 12.4. The van der Waals surface area contributed by atoms with Gasteiger partial charge in [0.2, 0.25) is 5.91 Å². The monoisotopic (exact) mass is 865 g/mol. The maximum atomic E-state index is 13.2. The van der Waals surface area contributed by atoms with Crippen molar-refractivity contribution in [3.8, 4) is 0 Å². The molecule has 2 saturated heterocycles. The zero-order chi connectivity index (χ0) is 41.7. The molecule has 0 aliphatic carbocycles. The largest absolute Gasteiger partial charge is 0.481 e. The molecule has 2 amide bonds. The van der Waals surface area contributed by atoms with E-state index in [1.807, 2.05) is 0 Å². The number of carbonyl (C=O) groups is 2. The van der Waals surface area contributed by atoms with Crippen molar-refractivity contribution >= 4 is 52.3 Å². The van der Waals surface area contributed by atoms with Crippen LogP contribution in [-0.4, -0.2) is 126 Å². The summed E-state index contributed by atoms with van der Waals surface area (Å²) in [6, 6.07) is 2.32. The normalized spacial score (nSPS) is 29.9. The number of aromatic nitrogens is 5. The third-order valence-corrected chi connectivity index (χ3v) is 11.8. The average Bonchev–Trinajstić information content (AvgIpc) is 3.78. The molecule has 6 heterocycles. The molecule has 3 aliphatic heterocycles. The Morgan fingerprint density at radius 2 is 1.68 bits per heavy atom. The van der Waals surface area contributed by atoms with Crippen LogP contribution in [0.3, 0.4) is 0 Å². The van der Waals surface area contributed by atoms with Crippen molar-refractivity contribution in [3.05, 3.63) is 66.3 Å². The number of allylic oxidation sites excluding steroid dienone is 1. The van der Waals surface area contributed by atoms with Gasteiger partial charge in [0.1, 0.15) is 42.4 Å². The van der Waals surface area contributed by atoms with Crippen LogP contribution < -0.4 is 17.2 Å². The van der Waals surface area contributed by atoms with E-state index in [9.17, 15) is 58.2 Å². The fourth-order valence-electron chi connectivity index (χ4n) is 6.17. The first-order chi connectivity index (χ1) is 26.6. The molecule has 0 saturated carbocycles. The molecule has 0 aromatic carbocycles. The van der Waals surface area contributed by atoms with E-state index < -0.39 is 108 Å². The summed E-state index contributed by atoms with van der Waals surface area (Å²) >= 11 is 0. The average molecular weight is 866 g/mol.